The van der Waals surface area contributed by atoms with Crippen LogP contribution in [-0.4, -0.2) is 28.1 Å². The molecule has 0 saturated heterocycles. The van der Waals surface area contributed by atoms with Crippen molar-refractivity contribution in [3.63, 3.8) is 0 Å². The van der Waals surface area contributed by atoms with Crippen LogP contribution in [-0.2, 0) is 13.5 Å². The third-order valence-corrected chi connectivity index (χ3v) is 4.91. The number of carbonyl (C=O) groups excluding carboxylic acids is 2. The minimum Gasteiger partial charge on any atom is -0.396 e. The molecule has 25 heavy (non-hydrogen) atoms. The Balaban J connectivity index is 0.00000196. The number of hydrogen-bond acceptors (Lipinski definition) is 3. The van der Waals surface area contributed by atoms with Crippen LogP contribution in [0.25, 0.3) is 22.0 Å². The first-order valence-corrected chi connectivity index (χ1v) is 8.27. The number of amides is 2. The zero-order valence-electron chi connectivity index (χ0n) is 13.5. The molecule has 5 nitrogen and oxygen atoms in total. The molecule has 128 valence electrons. The van der Waals surface area contributed by atoms with Gasteiger partial charge in [-0.1, -0.05) is 29.8 Å². The van der Waals surface area contributed by atoms with Gasteiger partial charge in [-0.05, 0) is 29.7 Å². The maximum atomic E-state index is 12.5. The van der Waals surface area contributed by atoms with E-state index in [0.29, 0.717) is 39.1 Å². The molecule has 1 aliphatic rings. The van der Waals surface area contributed by atoms with Crippen molar-refractivity contribution in [2.75, 3.05) is 6.61 Å². The zero-order chi connectivity index (χ0) is 17.7. The Bertz CT molecular complexity index is 1060. The van der Waals surface area contributed by atoms with Gasteiger partial charge in [-0.25, -0.2) is 0 Å². The third-order valence-electron chi connectivity index (χ3n) is 4.58. The Labute approximate surface area is 150 Å². The highest BCUT2D eigenvalue weighted by molar-refractivity contribution is 6.35. The molecule has 0 fully saturated rings. The Morgan fingerprint density at radius 2 is 1.88 bits per heavy atom. The summed E-state index contributed by atoms with van der Waals surface area (Å²) in [5, 5.41) is 12.9. The average Bonchev–Trinajstić information content (AvgIpc) is 3.05. The highest BCUT2D eigenvalue weighted by Crippen LogP contribution is 2.39. The van der Waals surface area contributed by atoms with Gasteiger partial charge in [0.1, 0.15) is 0 Å². The molecule has 0 spiro atoms. The molecule has 1 aromatic heterocycles. The van der Waals surface area contributed by atoms with Gasteiger partial charge < -0.3 is 9.67 Å². The number of halogens is 1. The fourth-order valence-electron chi connectivity index (χ4n) is 3.53. The highest BCUT2D eigenvalue weighted by atomic mass is 35.5. The summed E-state index contributed by atoms with van der Waals surface area (Å²) in [6.07, 6.45) is 2.30. The molecule has 3 aromatic rings. The summed E-state index contributed by atoms with van der Waals surface area (Å²) in [6, 6.07) is 9.13. The molecule has 0 aliphatic carbocycles. The van der Waals surface area contributed by atoms with E-state index in [-0.39, 0.29) is 8.03 Å². The normalized spacial score (nSPS) is 13.4. The molecular weight excluding hydrogens is 340 g/mol. The van der Waals surface area contributed by atoms with Crippen LogP contribution in [0.15, 0.2) is 36.5 Å². The molecule has 0 bridgehead atoms. The quantitative estimate of drug-likeness (QED) is 0.708. The van der Waals surface area contributed by atoms with Crippen LogP contribution in [0.4, 0.5) is 0 Å². The maximum absolute atomic E-state index is 12.5. The average molecular weight is 357 g/mol. The molecule has 4 rings (SSSR count). The summed E-state index contributed by atoms with van der Waals surface area (Å²) in [5.41, 5.74) is 3.71. The first-order valence-electron chi connectivity index (χ1n) is 7.89. The molecule has 1 aliphatic heterocycles. The Morgan fingerprint density at radius 3 is 2.60 bits per heavy atom. The second-order valence-electron chi connectivity index (χ2n) is 6.07. The van der Waals surface area contributed by atoms with E-state index in [1.807, 2.05) is 42.1 Å². The number of rotatable bonds is 3. The van der Waals surface area contributed by atoms with Gasteiger partial charge in [-0.2, -0.15) is 0 Å². The van der Waals surface area contributed by atoms with Gasteiger partial charge in [-0.3, -0.25) is 14.9 Å². The van der Waals surface area contributed by atoms with Crippen LogP contribution in [0.1, 0.15) is 27.7 Å². The van der Waals surface area contributed by atoms with Crippen LogP contribution in [0, 0.1) is 0 Å². The molecule has 2 amide bonds. The van der Waals surface area contributed by atoms with Crippen LogP contribution >= 0.6 is 11.6 Å². The maximum Gasteiger partial charge on any atom is 0.259 e. The molecular formula is C19H17ClN2O3. The SMILES string of the molecule is Cn1cc(CCO)c2c3c(c(-c4ccccc4Cl)cc21)C(=O)NC3=O.[HH]. The first kappa shape index (κ1) is 15.9. The number of nitrogens with one attached hydrogen (secondary N) is 1. The Morgan fingerprint density at radius 1 is 1.16 bits per heavy atom. The van der Waals surface area contributed by atoms with Crippen molar-refractivity contribution in [2.45, 2.75) is 6.42 Å². The lowest BCUT2D eigenvalue weighted by molar-refractivity contribution is 0.0880. The minimum absolute atomic E-state index is 0. The number of nitrogens with zero attached hydrogens (tertiary/aromatic N) is 1. The predicted octanol–water partition coefficient (Wildman–Crippen LogP) is 3.16. The van der Waals surface area contributed by atoms with E-state index in [1.165, 1.54) is 0 Å². The topological polar surface area (TPSA) is 71.3 Å². The molecule has 0 atom stereocenters. The molecule has 0 saturated carbocycles. The fourth-order valence-corrected chi connectivity index (χ4v) is 3.77. The van der Waals surface area contributed by atoms with Crippen molar-refractivity contribution >= 4 is 34.3 Å². The Hall–Kier alpha value is -2.63. The van der Waals surface area contributed by atoms with E-state index >= 15 is 0 Å². The summed E-state index contributed by atoms with van der Waals surface area (Å²) < 4.78 is 1.90. The number of aliphatic hydroxyl groups excluding tert-OH is 1. The zero-order valence-corrected chi connectivity index (χ0v) is 14.2. The largest absolute Gasteiger partial charge is 0.396 e. The van der Waals surface area contributed by atoms with E-state index < -0.39 is 11.8 Å². The summed E-state index contributed by atoms with van der Waals surface area (Å²) in [6.45, 7) is -0.0320. The predicted molar refractivity (Wildman–Crippen MR) is 98.1 cm³/mol. The second-order valence-corrected chi connectivity index (χ2v) is 6.48. The fraction of sp³-hybridized carbons (Fsp3) is 0.158. The lowest BCUT2D eigenvalue weighted by atomic mass is 9.92. The van der Waals surface area contributed by atoms with Crippen molar-refractivity contribution in [1.82, 2.24) is 9.88 Å². The summed E-state index contributed by atoms with van der Waals surface area (Å²) in [7, 11) is 1.88. The van der Waals surface area contributed by atoms with Crippen molar-refractivity contribution < 1.29 is 16.1 Å². The van der Waals surface area contributed by atoms with Crippen LogP contribution in [0.3, 0.4) is 0 Å². The lowest BCUT2D eigenvalue weighted by Crippen LogP contribution is -2.20. The second kappa shape index (κ2) is 5.72. The number of aryl methyl sites for hydroxylation is 1. The van der Waals surface area contributed by atoms with E-state index in [9.17, 15) is 14.7 Å². The van der Waals surface area contributed by atoms with Crippen LogP contribution in [0.2, 0.25) is 5.02 Å². The van der Waals surface area contributed by atoms with Crippen LogP contribution < -0.4 is 5.32 Å². The molecule has 2 heterocycles. The number of aliphatic hydroxyl groups is 1. The highest BCUT2D eigenvalue weighted by Gasteiger charge is 2.34. The number of fused-ring (bicyclic) bond motifs is 3. The van der Waals surface area contributed by atoms with Crippen molar-refractivity contribution in [1.29, 1.82) is 0 Å². The van der Waals surface area contributed by atoms with Gasteiger partial charge in [0.2, 0.25) is 0 Å². The standard InChI is InChI=1S/C19H15ClN2O3.H2/c1-22-9-10(6-7-23)15-14(22)8-12(11-4-2-3-5-13(11)20)16-17(15)19(25)21-18(16)24;/h2-5,8-9,23H,6-7H2,1H3,(H,21,24,25);1H. The third kappa shape index (κ3) is 2.27. The first-order chi connectivity index (χ1) is 12.0. The lowest BCUT2D eigenvalue weighted by Gasteiger charge is -2.11. The van der Waals surface area contributed by atoms with Crippen molar-refractivity contribution in [2.24, 2.45) is 7.05 Å². The van der Waals surface area contributed by atoms with Gasteiger partial charge in [0, 0.05) is 42.8 Å². The number of aromatic nitrogens is 1. The van der Waals surface area contributed by atoms with E-state index in [0.717, 1.165) is 11.1 Å². The number of hydrogen-bond donors (Lipinski definition) is 2. The minimum atomic E-state index is -0.421. The molecule has 2 N–H and O–H groups in total. The van der Waals surface area contributed by atoms with E-state index in [2.05, 4.69) is 5.32 Å². The number of carbonyl (C=O) groups is 2. The van der Waals surface area contributed by atoms with E-state index in [4.69, 9.17) is 11.6 Å². The Kier molecular flexibility index (Phi) is 3.63. The molecule has 2 aromatic carbocycles. The van der Waals surface area contributed by atoms with E-state index in [1.54, 1.807) is 6.07 Å². The summed E-state index contributed by atoms with van der Waals surface area (Å²) in [5.74, 6) is -0.833. The van der Waals surface area contributed by atoms with Gasteiger partial charge in [0.25, 0.3) is 11.8 Å². The van der Waals surface area contributed by atoms with Crippen LogP contribution in [0.5, 0.6) is 0 Å². The molecule has 0 radical (unpaired) electrons. The van der Waals surface area contributed by atoms with Crippen molar-refractivity contribution in [3.05, 3.63) is 58.2 Å². The molecule has 6 heteroatoms. The monoisotopic (exact) mass is 356 g/mol. The summed E-state index contributed by atoms with van der Waals surface area (Å²) >= 11 is 6.33. The van der Waals surface area contributed by atoms with Gasteiger partial charge >= 0.3 is 0 Å². The van der Waals surface area contributed by atoms with Crippen molar-refractivity contribution in [3.8, 4) is 11.1 Å². The van der Waals surface area contributed by atoms with Gasteiger partial charge in [0.15, 0.2) is 0 Å². The molecule has 0 unspecified atom stereocenters. The number of benzene rings is 2. The van der Waals surface area contributed by atoms with Gasteiger partial charge in [0.05, 0.1) is 11.1 Å². The van der Waals surface area contributed by atoms with Gasteiger partial charge in [-0.15, -0.1) is 0 Å². The number of imide groups is 1. The smallest absolute Gasteiger partial charge is 0.259 e. The summed E-state index contributed by atoms with van der Waals surface area (Å²) in [4.78, 5) is 25.0.